The first-order valence-corrected chi connectivity index (χ1v) is 11.8. The van der Waals surface area contributed by atoms with Crippen LogP contribution in [-0.2, 0) is 6.54 Å². The fourth-order valence-corrected chi connectivity index (χ4v) is 4.59. The monoisotopic (exact) mass is 435 g/mol. The molecule has 5 nitrogen and oxygen atoms in total. The van der Waals surface area contributed by atoms with Crippen molar-refractivity contribution in [2.75, 3.05) is 13.1 Å². The Morgan fingerprint density at radius 2 is 1.78 bits per heavy atom. The third-order valence-corrected chi connectivity index (χ3v) is 6.38. The van der Waals surface area contributed by atoms with Crippen molar-refractivity contribution in [3.8, 4) is 0 Å². The number of aryl methyl sites for hydroxylation is 3. The van der Waals surface area contributed by atoms with Gasteiger partial charge in [-0.05, 0) is 88.9 Å². The van der Waals surface area contributed by atoms with E-state index in [1.54, 1.807) is 10.8 Å². The second-order valence-electron chi connectivity index (χ2n) is 9.17. The van der Waals surface area contributed by atoms with Gasteiger partial charge in [0.2, 0.25) is 0 Å². The van der Waals surface area contributed by atoms with Crippen LogP contribution in [0.2, 0.25) is 0 Å². The molecule has 1 aromatic heterocycles. The Morgan fingerprint density at radius 3 is 2.47 bits per heavy atom. The summed E-state index contributed by atoms with van der Waals surface area (Å²) in [6, 6.07) is 6.22. The number of rotatable bonds is 4. The molecule has 1 atom stereocenters. The van der Waals surface area contributed by atoms with Gasteiger partial charge in [0.1, 0.15) is 5.84 Å². The van der Waals surface area contributed by atoms with Crippen LogP contribution in [0.1, 0.15) is 61.4 Å². The van der Waals surface area contributed by atoms with Crippen molar-refractivity contribution < 1.29 is 4.39 Å². The first-order chi connectivity index (χ1) is 15.4. The van der Waals surface area contributed by atoms with Gasteiger partial charge in [0, 0.05) is 24.2 Å². The van der Waals surface area contributed by atoms with Crippen molar-refractivity contribution in [2.45, 2.75) is 66.3 Å². The molecule has 1 saturated heterocycles. The number of aliphatic imine (C=N–C) groups is 2. The minimum atomic E-state index is -0.332. The van der Waals surface area contributed by atoms with E-state index in [1.165, 1.54) is 19.3 Å². The lowest BCUT2D eigenvalue weighted by molar-refractivity contribution is 0.220. The Labute approximate surface area is 190 Å². The van der Waals surface area contributed by atoms with E-state index in [0.29, 0.717) is 12.3 Å². The van der Waals surface area contributed by atoms with Crippen molar-refractivity contribution in [2.24, 2.45) is 15.9 Å². The number of likely N-dealkylation sites (tertiary alicyclic amines) is 1. The minimum Gasteiger partial charge on any atom is -0.299 e. The average Bonchev–Trinajstić information content (AvgIpc) is 3.03. The van der Waals surface area contributed by atoms with Gasteiger partial charge in [0.25, 0.3) is 0 Å². The number of allylic oxidation sites excluding steroid dienone is 2. The van der Waals surface area contributed by atoms with Crippen LogP contribution in [0, 0.1) is 26.7 Å². The summed E-state index contributed by atoms with van der Waals surface area (Å²) in [5, 5.41) is 4.64. The summed E-state index contributed by atoms with van der Waals surface area (Å²) in [6.45, 7) is 11.3. The molecule has 0 N–H and O–H groups in total. The number of hydrogen-bond acceptors (Lipinski definition) is 3. The number of benzene rings is 1. The fraction of sp³-hybridized carbons (Fsp3) is 0.500. The number of aromatic nitrogens is 2. The summed E-state index contributed by atoms with van der Waals surface area (Å²) in [4.78, 5) is 12.1. The number of amidine groups is 1. The standard InChI is InChI=1S/C26H34FN5/c1-5-21-9-10-24(27)26(29-25(21)28-23-14-18(2)13-19(3)15-23)32-17-22(20(4)30-32)16-31-11-7-6-8-12-31/h10,13-15,17,21H,5-9,11-12,16H2,1-4H3. The molecule has 1 unspecified atom stereocenters. The van der Waals surface area contributed by atoms with Crippen LogP contribution < -0.4 is 0 Å². The lowest BCUT2D eigenvalue weighted by Crippen LogP contribution is -2.29. The van der Waals surface area contributed by atoms with Crippen molar-refractivity contribution in [3.05, 3.63) is 58.7 Å². The van der Waals surface area contributed by atoms with E-state index >= 15 is 4.39 Å². The fourth-order valence-electron chi connectivity index (χ4n) is 4.59. The van der Waals surface area contributed by atoms with E-state index in [2.05, 4.69) is 36.8 Å². The second kappa shape index (κ2) is 9.90. The van der Waals surface area contributed by atoms with Gasteiger partial charge in [-0.15, -0.1) is 0 Å². The van der Waals surface area contributed by atoms with Gasteiger partial charge >= 0.3 is 0 Å². The molecule has 0 amide bonds. The highest BCUT2D eigenvalue weighted by molar-refractivity contribution is 6.07. The Morgan fingerprint density at radius 1 is 1.06 bits per heavy atom. The summed E-state index contributed by atoms with van der Waals surface area (Å²) in [5.74, 6) is 0.642. The largest absolute Gasteiger partial charge is 0.299 e. The number of piperidine rings is 1. The maximum Gasteiger partial charge on any atom is 0.191 e. The van der Waals surface area contributed by atoms with Crippen LogP contribution in [0.5, 0.6) is 0 Å². The molecule has 0 bridgehead atoms. The van der Waals surface area contributed by atoms with Gasteiger partial charge in [-0.3, -0.25) is 4.90 Å². The van der Waals surface area contributed by atoms with Crippen molar-refractivity contribution in [1.29, 1.82) is 0 Å². The maximum absolute atomic E-state index is 15.1. The van der Waals surface area contributed by atoms with Crippen molar-refractivity contribution in [1.82, 2.24) is 14.7 Å². The number of hydrogen-bond donors (Lipinski definition) is 0. The zero-order valence-corrected chi connectivity index (χ0v) is 19.7. The van der Waals surface area contributed by atoms with Crippen LogP contribution in [-0.4, -0.2) is 39.4 Å². The topological polar surface area (TPSA) is 45.8 Å². The zero-order chi connectivity index (χ0) is 22.7. The molecule has 0 saturated carbocycles. The normalized spacial score (nSPS) is 21.4. The summed E-state index contributed by atoms with van der Waals surface area (Å²) in [6.07, 6.45) is 8.81. The lowest BCUT2D eigenvalue weighted by Gasteiger charge is -2.25. The zero-order valence-electron chi connectivity index (χ0n) is 19.7. The van der Waals surface area contributed by atoms with E-state index < -0.39 is 0 Å². The Balaban J connectivity index is 1.69. The van der Waals surface area contributed by atoms with Gasteiger partial charge < -0.3 is 0 Å². The van der Waals surface area contributed by atoms with Gasteiger partial charge in [-0.1, -0.05) is 19.4 Å². The molecule has 4 rings (SSSR count). The third-order valence-electron chi connectivity index (χ3n) is 6.38. The average molecular weight is 436 g/mol. The Bertz CT molecular complexity index is 1040. The van der Waals surface area contributed by atoms with E-state index in [1.807, 2.05) is 25.3 Å². The first-order valence-electron chi connectivity index (χ1n) is 11.8. The Kier molecular flexibility index (Phi) is 6.99. The highest BCUT2D eigenvalue weighted by atomic mass is 19.1. The summed E-state index contributed by atoms with van der Waals surface area (Å²) >= 11 is 0. The predicted octanol–water partition coefficient (Wildman–Crippen LogP) is 6.05. The molecule has 2 aromatic rings. The van der Waals surface area contributed by atoms with Crippen LogP contribution in [0.3, 0.4) is 0 Å². The number of nitrogens with zero attached hydrogens (tertiary/aromatic N) is 5. The molecule has 0 radical (unpaired) electrons. The molecule has 2 aliphatic heterocycles. The van der Waals surface area contributed by atoms with Crippen LogP contribution in [0.4, 0.5) is 10.1 Å². The summed E-state index contributed by atoms with van der Waals surface area (Å²) in [7, 11) is 0. The first kappa shape index (κ1) is 22.6. The van der Waals surface area contributed by atoms with Crippen LogP contribution in [0.15, 0.2) is 46.3 Å². The van der Waals surface area contributed by atoms with Gasteiger partial charge in [-0.25, -0.2) is 19.1 Å². The molecule has 0 spiro atoms. The second-order valence-corrected chi connectivity index (χ2v) is 9.17. The minimum absolute atomic E-state index is 0.0727. The molecule has 1 fully saturated rings. The third kappa shape index (κ3) is 5.23. The quantitative estimate of drug-likeness (QED) is 0.586. The van der Waals surface area contributed by atoms with E-state index in [0.717, 1.165) is 54.1 Å². The molecule has 170 valence electrons. The van der Waals surface area contributed by atoms with Crippen LogP contribution >= 0.6 is 0 Å². The molecule has 2 aliphatic rings. The SMILES string of the molecule is CCC1CC=C(F)C(n2cc(CN3CCCCC3)c(C)n2)=NC1=Nc1cc(C)cc(C)c1. The lowest BCUT2D eigenvalue weighted by atomic mass is 10.0. The molecule has 1 aromatic carbocycles. The molecular formula is C26H34FN5. The summed E-state index contributed by atoms with van der Waals surface area (Å²) < 4.78 is 16.8. The predicted molar refractivity (Wildman–Crippen MR) is 130 cm³/mol. The van der Waals surface area contributed by atoms with Crippen LogP contribution in [0.25, 0.3) is 0 Å². The number of halogens is 1. The van der Waals surface area contributed by atoms with Gasteiger partial charge in [-0.2, -0.15) is 5.10 Å². The highest BCUT2D eigenvalue weighted by Gasteiger charge is 2.23. The Hall–Kier alpha value is -2.60. The molecule has 3 heterocycles. The molecule has 0 aliphatic carbocycles. The molecule has 6 heteroatoms. The van der Waals surface area contributed by atoms with E-state index in [4.69, 9.17) is 9.98 Å². The van der Waals surface area contributed by atoms with Crippen molar-refractivity contribution in [3.63, 3.8) is 0 Å². The maximum atomic E-state index is 15.1. The molecule has 32 heavy (non-hydrogen) atoms. The van der Waals surface area contributed by atoms with E-state index in [-0.39, 0.29) is 17.6 Å². The molecular weight excluding hydrogens is 401 g/mol. The van der Waals surface area contributed by atoms with Gasteiger partial charge in [0.05, 0.1) is 11.4 Å². The highest BCUT2D eigenvalue weighted by Crippen LogP contribution is 2.25. The summed E-state index contributed by atoms with van der Waals surface area (Å²) in [5.41, 5.74) is 5.24. The van der Waals surface area contributed by atoms with Gasteiger partial charge in [0.15, 0.2) is 11.7 Å². The smallest absolute Gasteiger partial charge is 0.191 e. The van der Waals surface area contributed by atoms with E-state index in [9.17, 15) is 0 Å². The van der Waals surface area contributed by atoms with Crippen molar-refractivity contribution >= 4 is 17.4 Å².